The second-order valence-electron chi connectivity index (χ2n) is 7.14. The Morgan fingerprint density at radius 1 is 1.24 bits per heavy atom. The van der Waals surface area contributed by atoms with Gasteiger partial charge in [-0.2, -0.15) is 8.78 Å². The van der Waals surface area contributed by atoms with Crippen molar-refractivity contribution >= 4 is 5.96 Å². The Morgan fingerprint density at radius 2 is 2.00 bits per heavy atom. The first-order valence-electron chi connectivity index (χ1n) is 10.4. The number of aliphatic imine (C=N–C) groups is 1. The molecule has 0 saturated carbocycles. The molecular formula is C21H34F2N4O2. The Bertz CT molecular complexity index is 635. The Balaban J connectivity index is 1.92. The quantitative estimate of drug-likeness (QED) is 0.455. The molecule has 0 aromatic heterocycles. The molecule has 1 aliphatic rings. The standard InChI is InChI=1S/C21H34F2N4O2/c1-4-24-21(25-11-8-16-9-12-27(5-2)13-10-16)26-15-17-14-18(28-3)6-7-19(17)29-20(22)23/h6-7,14,16,20H,4-5,8-13,15H2,1-3H3,(H2,24,25,26). The van der Waals surface area contributed by atoms with Crippen molar-refractivity contribution in [2.24, 2.45) is 10.9 Å². The highest BCUT2D eigenvalue weighted by Crippen LogP contribution is 2.26. The molecule has 1 saturated heterocycles. The molecule has 29 heavy (non-hydrogen) atoms. The Labute approximate surface area is 172 Å². The fourth-order valence-electron chi connectivity index (χ4n) is 3.51. The summed E-state index contributed by atoms with van der Waals surface area (Å²) in [7, 11) is 1.53. The van der Waals surface area contributed by atoms with Gasteiger partial charge in [0.2, 0.25) is 0 Å². The van der Waals surface area contributed by atoms with Crippen LogP contribution in [-0.2, 0) is 6.54 Å². The number of alkyl halides is 2. The van der Waals surface area contributed by atoms with Gasteiger partial charge in [-0.05, 0) is 69.9 Å². The van der Waals surface area contributed by atoms with Gasteiger partial charge in [-0.15, -0.1) is 0 Å². The molecular weight excluding hydrogens is 378 g/mol. The van der Waals surface area contributed by atoms with Gasteiger partial charge in [-0.25, -0.2) is 4.99 Å². The zero-order chi connectivity index (χ0) is 21.1. The molecule has 1 fully saturated rings. The van der Waals surface area contributed by atoms with Gasteiger partial charge in [-0.1, -0.05) is 6.92 Å². The van der Waals surface area contributed by atoms with Gasteiger partial charge in [-0.3, -0.25) is 0 Å². The normalized spacial score (nSPS) is 16.1. The molecule has 1 heterocycles. The highest BCUT2D eigenvalue weighted by molar-refractivity contribution is 5.79. The fourth-order valence-corrected chi connectivity index (χ4v) is 3.51. The number of guanidine groups is 1. The third-order valence-corrected chi connectivity index (χ3v) is 5.23. The van der Waals surface area contributed by atoms with Crippen molar-refractivity contribution in [3.05, 3.63) is 23.8 Å². The van der Waals surface area contributed by atoms with Crippen molar-refractivity contribution in [3.8, 4) is 11.5 Å². The van der Waals surface area contributed by atoms with Gasteiger partial charge >= 0.3 is 6.61 Å². The molecule has 0 radical (unpaired) electrons. The number of benzene rings is 1. The predicted molar refractivity (Wildman–Crippen MR) is 112 cm³/mol. The van der Waals surface area contributed by atoms with Crippen LogP contribution in [-0.4, -0.2) is 57.3 Å². The van der Waals surface area contributed by atoms with Crippen LogP contribution in [0.2, 0.25) is 0 Å². The van der Waals surface area contributed by atoms with Gasteiger partial charge in [0.1, 0.15) is 11.5 Å². The van der Waals surface area contributed by atoms with E-state index in [2.05, 4.69) is 32.2 Å². The number of ether oxygens (including phenoxy) is 2. The maximum absolute atomic E-state index is 12.7. The van der Waals surface area contributed by atoms with Crippen LogP contribution < -0.4 is 20.1 Å². The van der Waals surface area contributed by atoms with Crippen molar-refractivity contribution in [2.45, 2.75) is 46.3 Å². The van der Waals surface area contributed by atoms with Gasteiger partial charge in [0.25, 0.3) is 0 Å². The lowest BCUT2D eigenvalue weighted by molar-refractivity contribution is -0.0504. The van der Waals surface area contributed by atoms with Crippen LogP contribution in [0.4, 0.5) is 8.78 Å². The number of likely N-dealkylation sites (tertiary alicyclic amines) is 1. The van der Waals surface area contributed by atoms with Crippen molar-refractivity contribution in [2.75, 3.05) is 39.8 Å². The average Bonchev–Trinajstić information content (AvgIpc) is 2.73. The summed E-state index contributed by atoms with van der Waals surface area (Å²) < 4.78 is 35.2. The van der Waals surface area contributed by atoms with Crippen molar-refractivity contribution in [3.63, 3.8) is 0 Å². The summed E-state index contributed by atoms with van der Waals surface area (Å²) >= 11 is 0. The van der Waals surface area contributed by atoms with E-state index in [-0.39, 0.29) is 12.3 Å². The number of piperidine rings is 1. The monoisotopic (exact) mass is 412 g/mol. The van der Waals surface area contributed by atoms with E-state index in [0.29, 0.717) is 17.3 Å². The van der Waals surface area contributed by atoms with Crippen LogP contribution >= 0.6 is 0 Å². The molecule has 1 aliphatic heterocycles. The molecule has 0 unspecified atom stereocenters. The number of nitrogens with zero attached hydrogens (tertiary/aromatic N) is 2. The number of methoxy groups -OCH3 is 1. The largest absolute Gasteiger partial charge is 0.497 e. The molecule has 8 heteroatoms. The number of nitrogens with one attached hydrogen (secondary N) is 2. The Kier molecular flexibility index (Phi) is 9.97. The minimum Gasteiger partial charge on any atom is -0.497 e. The number of hydrogen-bond acceptors (Lipinski definition) is 4. The Morgan fingerprint density at radius 3 is 2.62 bits per heavy atom. The van der Waals surface area contributed by atoms with E-state index in [4.69, 9.17) is 4.74 Å². The van der Waals surface area contributed by atoms with E-state index in [1.807, 2.05) is 6.92 Å². The highest BCUT2D eigenvalue weighted by atomic mass is 19.3. The van der Waals surface area contributed by atoms with Gasteiger partial charge in [0.05, 0.1) is 13.7 Å². The van der Waals surface area contributed by atoms with Gasteiger partial charge < -0.3 is 25.0 Å². The maximum atomic E-state index is 12.7. The molecule has 0 spiro atoms. The second kappa shape index (κ2) is 12.5. The summed E-state index contributed by atoms with van der Waals surface area (Å²) in [5, 5.41) is 6.56. The Hall–Kier alpha value is -2.09. The van der Waals surface area contributed by atoms with E-state index in [1.165, 1.54) is 39.1 Å². The molecule has 0 bridgehead atoms. The third kappa shape index (κ3) is 8.04. The molecule has 0 amide bonds. The predicted octanol–water partition coefficient (Wildman–Crippen LogP) is 3.47. The van der Waals surface area contributed by atoms with E-state index >= 15 is 0 Å². The number of hydrogen-bond donors (Lipinski definition) is 2. The molecule has 0 aliphatic carbocycles. The first-order chi connectivity index (χ1) is 14.0. The van der Waals surface area contributed by atoms with Crippen LogP contribution in [0, 0.1) is 5.92 Å². The van der Waals surface area contributed by atoms with Gasteiger partial charge in [0, 0.05) is 18.7 Å². The van der Waals surface area contributed by atoms with Crippen LogP contribution in [0.25, 0.3) is 0 Å². The van der Waals surface area contributed by atoms with E-state index < -0.39 is 6.61 Å². The molecule has 1 aromatic carbocycles. The smallest absolute Gasteiger partial charge is 0.387 e. The molecule has 2 N–H and O–H groups in total. The zero-order valence-corrected chi connectivity index (χ0v) is 17.7. The lowest BCUT2D eigenvalue weighted by Crippen LogP contribution is -2.39. The molecule has 2 rings (SSSR count). The molecule has 0 atom stereocenters. The van der Waals surface area contributed by atoms with Crippen LogP contribution in [0.15, 0.2) is 23.2 Å². The minimum absolute atomic E-state index is 0.114. The lowest BCUT2D eigenvalue weighted by atomic mass is 9.93. The highest BCUT2D eigenvalue weighted by Gasteiger charge is 2.17. The van der Waals surface area contributed by atoms with Gasteiger partial charge in [0.15, 0.2) is 5.96 Å². The summed E-state index contributed by atoms with van der Waals surface area (Å²) in [5.74, 6) is 2.10. The SMILES string of the molecule is CCNC(=NCc1cc(OC)ccc1OC(F)F)NCCC1CCN(CC)CC1. The summed E-state index contributed by atoms with van der Waals surface area (Å²) in [6, 6.07) is 4.75. The van der Waals surface area contributed by atoms with Crippen LogP contribution in [0.5, 0.6) is 11.5 Å². The maximum Gasteiger partial charge on any atom is 0.387 e. The summed E-state index contributed by atoms with van der Waals surface area (Å²) in [5.41, 5.74) is 0.550. The topological polar surface area (TPSA) is 58.1 Å². The minimum atomic E-state index is -2.88. The average molecular weight is 413 g/mol. The summed E-state index contributed by atoms with van der Waals surface area (Å²) in [6.45, 7) is 6.58. The molecule has 6 nitrogen and oxygen atoms in total. The lowest BCUT2D eigenvalue weighted by Gasteiger charge is -2.31. The van der Waals surface area contributed by atoms with Crippen molar-refractivity contribution in [1.82, 2.24) is 15.5 Å². The van der Waals surface area contributed by atoms with Crippen LogP contribution in [0.3, 0.4) is 0 Å². The third-order valence-electron chi connectivity index (χ3n) is 5.23. The second-order valence-corrected chi connectivity index (χ2v) is 7.14. The van der Waals surface area contributed by atoms with Crippen molar-refractivity contribution in [1.29, 1.82) is 0 Å². The number of rotatable bonds is 10. The van der Waals surface area contributed by atoms with E-state index in [0.717, 1.165) is 32.0 Å². The number of halogens is 2. The first kappa shape index (κ1) is 23.2. The zero-order valence-electron chi connectivity index (χ0n) is 17.7. The summed E-state index contributed by atoms with van der Waals surface area (Å²) in [6.07, 6.45) is 3.57. The first-order valence-corrected chi connectivity index (χ1v) is 10.4. The molecule has 164 valence electrons. The fraction of sp³-hybridized carbons (Fsp3) is 0.667. The van der Waals surface area contributed by atoms with E-state index in [1.54, 1.807) is 12.1 Å². The van der Waals surface area contributed by atoms with Crippen molar-refractivity contribution < 1.29 is 18.3 Å². The summed E-state index contributed by atoms with van der Waals surface area (Å²) in [4.78, 5) is 7.03. The van der Waals surface area contributed by atoms with Crippen LogP contribution in [0.1, 0.15) is 38.7 Å². The molecule has 1 aromatic rings. The van der Waals surface area contributed by atoms with E-state index in [9.17, 15) is 8.78 Å².